The highest BCUT2D eigenvalue weighted by molar-refractivity contribution is 8.00. The molecule has 0 radical (unpaired) electrons. The SMILES string of the molecule is CSc1nc2ncnc(NC(C)c3ccc4c(c3)OCCO4)c2s1. The molecule has 1 aliphatic rings. The number of ether oxygens (including phenoxy) is 2. The summed E-state index contributed by atoms with van der Waals surface area (Å²) in [7, 11) is 0. The maximum atomic E-state index is 5.66. The molecule has 1 unspecified atom stereocenters. The number of nitrogens with zero attached hydrogens (tertiary/aromatic N) is 3. The van der Waals surface area contributed by atoms with Crippen LogP contribution in [0.3, 0.4) is 0 Å². The van der Waals surface area contributed by atoms with Gasteiger partial charge in [0.1, 0.15) is 30.1 Å². The van der Waals surface area contributed by atoms with Crippen LogP contribution in [0, 0.1) is 0 Å². The highest BCUT2D eigenvalue weighted by atomic mass is 32.2. The first-order valence-electron chi connectivity index (χ1n) is 7.56. The fourth-order valence-corrected chi connectivity index (χ4v) is 4.01. The Morgan fingerprint density at radius 1 is 1.21 bits per heavy atom. The molecule has 0 saturated heterocycles. The third-order valence-electron chi connectivity index (χ3n) is 3.77. The fraction of sp³-hybridized carbons (Fsp3) is 0.312. The molecule has 1 atom stereocenters. The number of aromatic nitrogens is 3. The van der Waals surface area contributed by atoms with Crippen LogP contribution in [0.4, 0.5) is 5.82 Å². The van der Waals surface area contributed by atoms with E-state index < -0.39 is 0 Å². The minimum atomic E-state index is 0.0683. The molecule has 0 fully saturated rings. The van der Waals surface area contributed by atoms with Gasteiger partial charge >= 0.3 is 0 Å². The fourth-order valence-electron chi connectivity index (χ4n) is 2.54. The quantitative estimate of drug-likeness (QED) is 0.711. The van der Waals surface area contributed by atoms with Gasteiger partial charge in [0.2, 0.25) is 0 Å². The number of fused-ring (bicyclic) bond motifs is 2. The van der Waals surface area contributed by atoms with E-state index in [4.69, 9.17) is 9.47 Å². The number of thioether (sulfide) groups is 1. The van der Waals surface area contributed by atoms with E-state index in [2.05, 4.69) is 27.2 Å². The van der Waals surface area contributed by atoms with E-state index in [0.717, 1.165) is 37.6 Å². The Morgan fingerprint density at radius 3 is 2.88 bits per heavy atom. The second-order valence-electron chi connectivity index (χ2n) is 5.33. The van der Waals surface area contributed by atoms with E-state index in [9.17, 15) is 0 Å². The van der Waals surface area contributed by atoms with E-state index in [-0.39, 0.29) is 6.04 Å². The molecule has 1 aliphatic heterocycles. The molecular weight excluding hydrogens is 344 g/mol. The first-order valence-corrected chi connectivity index (χ1v) is 9.60. The number of benzene rings is 1. The Morgan fingerprint density at radius 2 is 2.04 bits per heavy atom. The monoisotopic (exact) mass is 360 g/mol. The summed E-state index contributed by atoms with van der Waals surface area (Å²) >= 11 is 3.22. The summed E-state index contributed by atoms with van der Waals surface area (Å²) in [6.45, 7) is 3.28. The normalized spacial score (nSPS) is 14.6. The first kappa shape index (κ1) is 15.5. The average molecular weight is 360 g/mol. The largest absolute Gasteiger partial charge is 0.486 e. The smallest absolute Gasteiger partial charge is 0.176 e. The Labute approximate surface area is 147 Å². The third kappa shape index (κ3) is 2.87. The van der Waals surface area contributed by atoms with Crippen LogP contribution in [0.5, 0.6) is 11.5 Å². The zero-order chi connectivity index (χ0) is 16.5. The van der Waals surface area contributed by atoms with Crippen molar-refractivity contribution in [2.45, 2.75) is 17.3 Å². The molecule has 6 nitrogen and oxygen atoms in total. The van der Waals surface area contributed by atoms with Crippen molar-refractivity contribution in [1.29, 1.82) is 0 Å². The summed E-state index contributed by atoms with van der Waals surface area (Å²) < 4.78 is 13.2. The van der Waals surface area contributed by atoms with Crippen molar-refractivity contribution in [2.24, 2.45) is 0 Å². The molecule has 8 heteroatoms. The van der Waals surface area contributed by atoms with Crippen LogP contribution >= 0.6 is 23.1 Å². The molecule has 1 N–H and O–H groups in total. The van der Waals surface area contributed by atoms with Crippen LogP contribution in [0.1, 0.15) is 18.5 Å². The highest BCUT2D eigenvalue weighted by Gasteiger charge is 2.16. The molecule has 24 heavy (non-hydrogen) atoms. The van der Waals surface area contributed by atoms with Crippen LogP contribution < -0.4 is 14.8 Å². The van der Waals surface area contributed by atoms with Gasteiger partial charge < -0.3 is 14.8 Å². The molecule has 0 saturated carbocycles. The Bertz CT molecular complexity index is 884. The van der Waals surface area contributed by atoms with Crippen molar-refractivity contribution in [1.82, 2.24) is 15.0 Å². The number of thiazole rings is 1. The predicted molar refractivity (Wildman–Crippen MR) is 96.5 cm³/mol. The lowest BCUT2D eigenvalue weighted by molar-refractivity contribution is 0.171. The maximum Gasteiger partial charge on any atom is 0.176 e. The van der Waals surface area contributed by atoms with Crippen LogP contribution in [0.15, 0.2) is 28.9 Å². The van der Waals surface area contributed by atoms with Gasteiger partial charge in [0, 0.05) is 0 Å². The van der Waals surface area contributed by atoms with Crippen molar-refractivity contribution in [3.8, 4) is 11.5 Å². The van der Waals surface area contributed by atoms with E-state index in [1.165, 1.54) is 0 Å². The summed E-state index contributed by atoms with van der Waals surface area (Å²) in [5.74, 6) is 2.40. The van der Waals surface area contributed by atoms with Crippen molar-refractivity contribution < 1.29 is 9.47 Å². The number of rotatable bonds is 4. The van der Waals surface area contributed by atoms with Gasteiger partial charge in [-0.1, -0.05) is 17.8 Å². The van der Waals surface area contributed by atoms with Crippen LogP contribution in [0.2, 0.25) is 0 Å². The minimum absolute atomic E-state index is 0.0683. The zero-order valence-corrected chi connectivity index (χ0v) is 14.9. The van der Waals surface area contributed by atoms with Gasteiger partial charge in [0.05, 0.1) is 6.04 Å². The summed E-state index contributed by atoms with van der Waals surface area (Å²) in [4.78, 5) is 13.1. The summed E-state index contributed by atoms with van der Waals surface area (Å²) in [6, 6.07) is 6.09. The number of hydrogen-bond acceptors (Lipinski definition) is 8. The number of hydrogen-bond donors (Lipinski definition) is 1. The van der Waals surface area contributed by atoms with Crippen molar-refractivity contribution in [2.75, 3.05) is 24.8 Å². The summed E-state index contributed by atoms with van der Waals surface area (Å²) in [5, 5.41) is 3.46. The van der Waals surface area contributed by atoms with Gasteiger partial charge in [-0.2, -0.15) is 0 Å². The molecule has 0 amide bonds. The van der Waals surface area contributed by atoms with Gasteiger partial charge in [-0.05, 0) is 30.9 Å². The predicted octanol–water partition coefficient (Wildman–Crippen LogP) is 3.75. The zero-order valence-electron chi connectivity index (χ0n) is 13.3. The Hall–Kier alpha value is -2.06. The maximum absolute atomic E-state index is 5.66. The molecular formula is C16H16N4O2S2. The highest BCUT2D eigenvalue weighted by Crippen LogP contribution is 2.35. The van der Waals surface area contributed by atoms with Crippen molar-refractivity contribution in [3.05, 3.63) is 30.1 Å². The summed E-state index contributed by atoms with van der Waals surface area (Å²) in [6.07, 6.45) is 3.56. The number of anilines is 1. The number of nitrogens with one attached hydrogen (secondary N) is 1. The first-order chi connectivity index (χ1) is 11.7. The van der Waals surface area contributed by atoms with Gasteiger partial charge in [-0.25, -0.2) is 15.0 Å². The van der Waals surface area contributed by atoms with Crippen LogP contribution in [0.25, 0.3) is 10.3 Å². The van der Waals surface area contributed by atoms with Gasteiger partial charge in [-0.15, -0.1) is 11.3 Å². The molecule has 2 aromatic heterocycles. The van der Waals surface area contributed by atoms with Crippen LogP contribution in [-0.2, 0) is 0 Å². The lowest BCUT2D eigenvalue weighted by atomic mass is 10.1. The third-order valence-corrected chi connectivity index (χ3v) is 5.80. The Balaban J connectivity index is 1.62. The average Bonchev–Trinajstić information content (AvgIpc) is 3.05. The molecule has 1 aromatic carbocycles. The molecule has 124 valence electrons. The standard InChI is InChI=1S/C16H16N4O2S2/c1-9(10-3-4-11-12(7-10)22-6-5-21-11)19-14-13-15(18-8-17-14)20-16(23-2)24-13/h3-4,7-9H,5-6H2,1-2H3,(H,17,18,19). The lowest BCUT2D eigenvalue weighted by Gasteiger charge is -2.21. The Kier molecular flexibility index (Phi) is 4.15. The lowest BCUT2D eigenvalue weighted by Crippen LogP contribution is -2.16. The topological polar surface area (TPSA) is 69.2 Å². The molecule has 0 spiro atoms. The van der Waals surface area contributed by atoms with E-state index in [1.807, 2.05) is 24.5 Å². The minimum Gasteiger partial charge on any atom is -0.486 e. The molecule has 4 rings (SSSR count). The second-order valence-corrected chi connectivity index (χ2v) is 7.38. The van der Waals surface area contributed by atoms with Crippen molar-refractivity contribution in [3.63, 3.8) is 0 Å². The van der Waals surface area contributed by atoms with E-state index in [0.29, 0.717) is 13.2 Å². The molecule has 3 heterocycles. The molecule has 0 aliphatic carbocycles. The van der Waals surface area contributed by atoms with Gasteiger partial charge in [-0.3, -0.25) is 0 Å². The summed E-state index contributed by atoms with van der Waals surface area (Å²) in [5.41, 5.74) is 1.84. The van der Waals surface area contributed by atoms with Crippen molar-refractivity contribution >= 4 is 39.3 Å². The van der Waals surface area contributed by atoms with E-state index >= 15 is 0 Å². The van der Waals surface area contributed by atoms with Crippen LogP contribution in [-0.4, -0.2) is 34.4 Å². The van der Waals surface area contributed by atoms with Gasteiger partial charge in [0.25, 0.3) is 0 Å². The second kappa shape index (κ2) is 6.45. The van der Waals surface area contributed by atoms with E-state index in [1.54, 1.807) is 29.4 Å². The molecule has 0 bridgehead atoms. The van der Waals surface area contributed by atoms with Gasteiger partial charge in [0.15, 0.2) is 21.5 Å². The molecule has 3 aromatic rings.